The van der Waals surface area contributed by atoms with E-state index in [1.807, 2.05) is 13.0 Å². The Labute approximate surface area is 251 Å². The van der Waals surface area contributed by atoms with E-state index in [0.29, 0.717) is 6.54 Å². The lowest BCUT2D eigenvalue weighted by atomic mass is 10.1. The number of ether oxygens (including phenoxy) is 3. The molecular weight excluding hydrogens is 561 g/mol. The number of nitrogens with zero attached hydrogens (tertiary/aromatic N) is 2. The third-order valence-electron chi connectivity index (χ3n) is 6.41. The van der Waals surface area contributed by atoms with Gasteiger partial charge in [-0.15, -0.1) is 0 Å². The van der Waals surface area contributed by atoms with E-state index in [2.05, 4.69) is 5.32 Å². The van der Waals surface area contributed by atoms with Crippen LogP contribution in [0.25, 0.3) is 0 Å². The molecule has 2 N–H and O–H groups in total. The Morgan fingerprint density at radius 2 is 1.74 bits per heavy atom. The zero-order valence-electron chi connectivity index (χ0n) is 25.6. The van der Waals surface area contributed by atoms with E-state index in [1.54, 1.807) is 52.1 Å². The van der Waals surface area contributed by atoms with Gasteiger partial charge in [-0.05, 0) is 64.9 Å². The molecule has 0 heterocycles. The Balaban J connectivity index is 2.21. The van der Waals surface area contributed by atoms with Crippen LogP contribution in [0.5, 0.6) is 5.75 Å². The van der Waals surface area contributed by atoms with E-state index < -0.39 is 47.8 Å². The van der Waals surface area contributed by atoms with Crippen molar-refractivity contribution in [2.45, 2.75) is 64.8 Å². The Morgan fingerprint density at radius 3 is 2.33 bits per heavy atom. The summed E-state index contributed by atoms with van der Waals surface area (Å²) in [6, 6.07) is 10.7. The van der Waals surface area contributed by atoms with Crippen molar-refractivity contribution in [2.24, 2.45) is 0 Å². The van der Waals surface area contributed by atoms with Crippen LogP contribution in [-0.2, 0) is 25.7 Å². The van der Waals surface area contributed by atoms with E-state index >= 15 is 0 Å². The van der Waals surface area contributed by atoms with Crippen LogP contribution in [0.2, 0.25) is 0 Å². The normalized spacial score (nSPS) is 12.5. The van der Waals surface area contributed by atoms with Crippen LogP contribution in [0.4, 0.5) is 9.18 Å². The Hall–Kier alpha value is -4.19. The monoisotopic (exact) mass is 603 g/mol. The fraction of sp³-hybridized carbons (Fsp3) is 0.484. The summed E-state index contributed by atoms with van der Waals surface area (Å²) in [5, 5.41) is 12.3. The molecule has 0 aliphatic rings. The molecule has 0 spiro atoms. The van der Waals surface area contributed by atoms with Crippen molar-refractivity contribution in [2.75, 3.05) is 33.8 Å². The molecule has 2 amide bonds. The molecule has 0 fully saturated rings. The number of halogens is 1. The Bertz CT molecular complexity index is 1240. The third-order valence-corrected chi connectivity index (χ3v) is 6.41. The molecule has 0 aliphatic heterocycles. The van der Waals surface area contributed by atoms with Crippen LogP contribution in [0, 0.1) is 5.82 Å². The van der Waals surface area contributed by atoms with Crippen LogP contribution in [0.3, 0.4) is 0 Å². The number of carboxylic acid groups (broad SMARTS) is 1. The number of amides is 2. The molecule has 0 saturated carbocycles. The summed E-state index contributed by atoms with van der Waals surface area (Å²) in [5.74, 6) is -3.36. The number of rotatable bonds is 15. The smallest absolute Gasteiger partial charge is 0.410 e. The van der Waals surface area contributed by atoms with Gasteiger partial charge in [0.1, 0.15) is 36.4 Å². The number of carbonyl (C=O) groups is 4. The second-order valence-corrected chi connectivity index (χ2v) is 10.9. The summed E-state index contributed by atoms with van der Waals surface area (Å²) in [5.41, 5.74) is -0.106. The van der Waals surface area contributed by atoms with Gasteiger partial charge in [0, 0.05) is 26.6 Å². The molecule has 0 radical (unpaired) electrons. The quantitative estimate of drug-likeness (QED) is 0.289. The van der Waals surface area contributed by atoms with E-state index in [1.165, 1.54) is 18.0 Å². The second-order valence-electron chi connectivity index (χ2n) is 10.9. The highest BCUT2D eigenvalue weighted by Crippen LogP contribution is 2.24. The van der Waals surface area contributed by atoms with Crippen molar-refractivity contribution in [1.82, 2.24) is 15.1 Å². The predicted octanol–water partition coefficient (Wildman–Crippen LogP) is 4.10. The summed E-state index contributed by atoms with van der Waals surface area (Å²) in [6.07, 6.45) is -1.10. The standard InChI is InChI=1S/C31H42FN3O8/c1-7-35(30(40)43-31(2,3)4)18-23(33-5)20-41-26-15-13-22(32)17-24(26)28(38)34(6)25(14-16-27(36)37)29(39)42-19-21-11-9-8-10-12-21/h8-13,15,17,23,25,33H,7,14,16,18-20H2,1-6H3,(H,36,37)/t23-,25-/m0/s1. The molecule has 0 aliphatic carbocycles. The van der Waals surface area contributed by atoms with Gasteiger partial charge < -0.3 is 34.4 Å². The van der Waals surface area contributed by atoms with E-state index in [0.717, 1.165) is 22.6 Å². The van der Waals surface area contributed by atoms with Crippen molar-refractivity contribution in [3.8, 4) is 5.75 Å². The van der Waals surface area contributed by atoms with Crippen LogP contribution in [0.1, 0.15) is 56.5 Å². The topological polar surface area (TPSA) is 135 Å². The molecule has 11 nitrogen and oxygen atoms in total. The number of hydrogen-bond acceptors (Lipinski definition) is 8. The molecule has 0 unspecified atom stereocenters. The van der Waals surface area contributed by atoms with Crippen LogP contribution in [-0.4, -0.2) is 90.3 Å². The molecule has 2 rings (SSSR count). The molecule has 2 atom stereocenters. The van der Waals surface area contributed by atoms with Gasteiger partial charge in [0.05, 0.1) is 11.6 Å². The number of hydrogen-bond donors (Lipinski definition) is 2. The van der Waals surface area contributed by atoms with Crippen LogP contribution < -0.4 is 10.1 Å². The molecule has 2 aromatic carbocycles. The van der Waals surface area contributed by atoms with Gasteiger partial charge in [-0.25, -0.2) is 14.0 Å². The summed E-state index contributed by atoms with van der Waals surface area (Å²) in [6.45, 7) is 7.70. The minimum atomic E-state index is -1.25. The number of nitrogens with one attached hydrogen (secondary N) is 1. The lowest BCUT2D eigenvalue weighted by Gasteiger charge is -2.30. The highest BCUT2D eigenvalue weighted by Gasteiger charge is 2.31. The zero-order chi connectivity index (χ0) is 32.2. The fourth-order valence-electron chi connectivity index (χ4n) is 4.02. The van der Waals surface area contributed by atoms with Gasteiger partial charge in [-0.3, -0.25) is 9.59 Å². The highest BCUT2D eigenvalue weighted by molar-refractivity contribution is 5.99. The number of carboxylic acids is 1. The summed E-state index contributed by atoms with van der Waals surface area (Å²) in [7, 11) is 3.01. The molecule has 236 valence electrons. The number of carbonyl (C=O) groups excluding carboxylic acids is 3. The highest BCUT2D eigenvalue weighted by atomic mass is 19.1. The first kappa shape index (κ1) is 35.0. The van der Waals surface area contributed by atoms with Crippen LogP contribution >= 0.6 is 0 Å². The third kappa shape index (κ3) is 11.5. The molecule has 0 saturated heterocycles. The summed E-state index contributed by atoms with van der Waals surface area (Å²) >= 11 is 0. The molecule has 43 heavy (non-hydrogen) atoms. The van der Waals surface area contributed by atoms with Gasteiger partial charge >= 0.3 is 18.0 Å². The van der Waals surface area contributed by atoms with Gasteiger partial charge in [0.15, 0.2) is 0 Å². The van der Waals surface area contributed by atoms with Crippen LogP contribution in [0.15, 0.2) is 48.5 Å². The summed E-state index contributed by atoms with van der Waals surface area (Å²) in [4.78, 5) is 53.0. The average molecular weight is 604 g/mol. The van der Waals surface area contributed by atoms with E-state index in [4.69, 9.17) is 14.2 Å². The lowest BCUT2D eigenvalue weighted by molar-refractivity contribution is -0.150. The fourth-order valence-corrected chi connectivity index (χ4v) is 4.02. The maximum atomic E-state index is 14.3. The Kier molecular flexibility index (Phi) is 13.4. The van der Waals surface area contributed by atoms with Crippen molar-refractivity contribution in [3.05, 3.63) is 65.5 Å². The molecule has 0 aromatic heterocycles. The van der Waals surface area contributed by atoms with Crippen molar-refractivity contribution in [1.29, 1.82) is 0 Å². The minimum absolute atomic E-state index is 0.00693. The molecule has 2 aromatic rings. The van der Waals surface area contributed by atoms with Crippen molar-refractivity contribution in [3.63, 3.8) is 0 Å². The van der Waals surface area contributed by atoms with Crippen molar-refractivity contribution >= 4 is 23.9 Å². The number of esters is 1. The zero-order valence-corrected chi connectivity index (χ0v) is 25.6. The number of aliphatic carboxylic acids is 1. The maximum absolute atomic E-state index is 14.3. The Morgan fingerprint density at radius 1 is 1.07 bits per heavy atom. The SMILES string of the molecule is CCN(C[C@@H](COc1ccc(F)cc1C(=O)N(C)[C@@H](CCC(=O)O)C(=O)OCc1ccccc1)NC)C(=O)OC(C)(C)C. The van der Waals surface area contributed by atoms with Crippen molar-refractivity contribution < 1.29 is 42.9 Å². The first-order valence-electron chi connectivity index (χ1n) is 14.0. The number of likely N-dealkylation sites (N-methyl/N-ethyl adjacent to an activating group) is 3. The van der Waals surface area contributed by atoms with Gasteiger partial charge in [-0.1, -0.05) is 30.3 Å². The second kappa shape index (κ2) is 16.4. The van der Waals surface area contributed by atoms with E-state index in [9.17, 15) is 28.7 Å². The minimum Gasteiger partial charge on any atom is -0.491 e. The first-order chi connectivity index (χ1) is 20.2. The van der Waals surface area contributed by atoms with E-state index in [-0.39, 0.29) is 43.5 Å². The average Bonchev–Trinajstić information content (AvgIpc) is 2.95. The maximum Gasteiger partial charge on any atom is 0.410 e. The molecular formula is C31H42FN3O8. The molecule has 0 bridgehead atoms. The van der Waals surface area contributed by atoms with Gasteiger partial charge in [0.25, 0.3) is 5.91 Å². The molecule has 12 heteroatoms. The predicted molar refractivity (Wildman–Crippen MR) is 157 cm³/mol. The van der Waals surface area contributed by atoms with Gasteiger partial charge in [-0.2, -0.15) is 0 Å². The lowest BCUT2D eigenvalue weighted by Crippen LogP contribution is -2.47. The van der Waals surface area contributed by atoms with Gasteiger partial charge in [0.2, 0.25) is 0 Å². The number of benzene rings is 2. The largest absolute Gasteiger partial charge is 0.491 e. The summed E-state index contributed by atoms with van der Waals surface area (Å²) < 4.78 is 31.1. The first-order valence-corrected chi connectivity index (χ1v) is 14.0.